The van der Waals surface area contributed by atoms with E-state index in [1.807, 2.05) is 32.9 Å². The van der Waals surface area contributed by atoms with Gasteiger partial charge in [0, 0.05) is 43.0 Å². The molecule has 0 saturated heterocycles. The molecule has 2 N–H and O–H groups in total. The Morgan fingerprint density at radius 2 is 1.81 bits per heavy atom. The first-order valence-electron chi connectivity index (χ1n) is 13.3. The van der Waals surface area contributed by atoms with Gasteiger partial charge in [0.1, 0.15) is 34.6 Å². The number of carbonyl (C=O) groups excluding carboxylic acids is 1. The molecule has 0 aliphatic rings. The molecule has 0 aliphatic heterocycles. The number of nitrogens with one attached hydrogen (secondary N) is 2. The van der Waals surface area contributed by atoms with Gasteiger partial charge >= 0.3 is 0 Å². The first kappa shape index (κ1) is 29.7. The maximum absolute atomic E-state index is 13.9. The Hall–Kier alpha value is -5.24. The molecule has 1 amide bonds. The minimum atomic E-state index is -0.531. The van der Waals surface area contributed by atoms with E-state index in [1.165, 1.54) is 0 Å². The van der Waals surface area contributed by atoms with Crippen molar-refractivity contribution >= 4 is 28.7 Å². The summed E-state index contributed by atoms with van der Waals surface area (Å²) in [7, 11) is 4.82. The van der Waals surface area contributed by atoms with E-state index in [0.717, 1.165) is 5.56 Å². The minimum Gasteiger partial charge on any atom is -0.497 e. The molecule has 0 radical (unpaired) electrons. The Morgan fingerprint density at radius 3 is 2.43 bits per heavy atom. The fourth-order valence-electron chi connectivity index (χ4n) is 4.36. The Balaban J connectivity index is 1.70. The number of hydrogen-bond donors (Lipinski definition) is 2. The summed E-state index contributed by atoms with van der Waals surface area (Å²) in [5.41, 5.74) is 1.81. The lowest BCUT2D eigenvalue weighted by atomic mass is 9.93. The van der Waals surface area contributed by atoms with Crippen molar-refractivity contribution in [3.63, 3.8) is 0 Å². The molecule has 3 aromatic heterocycles. The lowest BCUT2D eigenvalue weighted by Gasteiger charge is -2.15. The topological polar surface area (TPSA) is 144 Å². The number of hydrogen-bond acceptors (Lipinski definition) is 9. The lowest BCUT2D eigenvalue weighted by molar-refractivity contribution is -0.112. The molecule has 216 valence electrons. The van der Waals surface area contributed by atoms with Crippen molar-refractivity contribution in [1.82, 2.24) is 19.5 Å². The molecule has 11 nitrogen and oxygen atoms in total. The molecule has 0 aliphatic carbocycles. The van der Waals surface area contributed by atoms with Crippen LogP contribution in [0.3, 0.4) is 0 Å². The van der Waals surface area contributed by atoms with E-state index in [1.54, 1.807) is 74.6 Å². The summed E-state index contributed by atoms with van der Waals surface area (Å²) in [4.78, 5) is 39.8. The maximum atomic E-state index is 13.9. The van der Waals surface area contributed by atoms with Gasteiger partial charge in [0.15, 0.2) is 0 Å². The summed E-state index contributed by atoms with van der Waals surface area (Å²) in [6, 6.07) is 12.5. The van der Waals surface area contributed by atoms with Crippen molar-refractivity contribution in [2.75, 3.05) is 31.9 Å². The van der Waals surface area contributed by atoms with Gasteiger partial charge in [0.05, 0.1) is 14.2 Å². The van der Waals surface area contributed by atoms with Crippen molar-refractivity contribution in [1.29, 1.82) is 5.26 Å². The van der Waals surface area contributed by atoms with Crippen LogP contribution in [-0.2, 0) is 17.8 Å². The van der Waals surface area contributed by atoms with Crippen LogP contribution in [0.4, 0.5) is 11.8 Å². The van der Waals surface area contributed by atoms with Crippen molar-refractivity contribution < 1.29 is 14.3 Å². The van der Waals surface area contributed by atoms with Crippen LogP contribution in [0.5, 0.6) is 11.5 Å². The number of fused-ring (bicyclic) bond motifs is 1. The van der Waals surface area contributed by atoms with Gasteiger partial charge in [0.2, 0.25) is 5.95 Å². The number of allylic oxidation sites excluding steroid dienone is 1. The molecule has 3 heterocycles. The van der Waals surface area contributed by atoms with E-state index >= 15 is 0 Å². The van der Waals surface area contributed by atoms with Gasteiger partial charge in [-0.1, -0.05) is 26.8 Å². The molecule has 4 aromatic rings. The van der Waals surface area contributed by atoms with E-state index in [4.69, 9.17) is 9.47 Å². The zero-order valence-electron chi connectivity index (χ0n) is 24.5. The summed E-state index contributed by atoms with van der Waals surface area (Å²) >= 11 is 0. The number of ether oxygens (including phenoxy) is 2. The second-order valence-electron chi connectivity index (χ2n) is 10.6. The van der Waals surface area contributed by atoms with Crippen LogP contribution < -0.4 is 25.7 Å². The Bertz CT molecular complexity index is 1740. The Kier molecular flexibility index (Phi) is 8.86. The fourth-order valence-corrected chi connectivity index (χ4v) is 4.36. The predicted molar refractivity (Wildman–Crippen MR) is 162 cm³/mol. The number of pyridine rings is 2. The zero-order chi connectivity index (χ0) is 30.4. The standard InChI is InChI=1S/C31H33N7O4/c1-31(2,3)16-22(17-32)28(39)36-26-11-19(7-9-34-26)8-10-38-27-21(18-35-30(33-4)37-27)14-25(29(38)40)20-12-23(41-5)15-24(13-20)42-6/h7,9,11-16,18H,8,10H2,1-6H3,(H,33,35,37)(H,34,36,39). The summed E-state index contributed by atoms with van der Waals surface area (Å²) < 4.78 is 12.4. The van der Waals surface area contributed by atoms with Gasteiger partial charge in [-0.2, -0.15) is 10.2 Å². The number of rotatable bonds is 9. The zero-order valence-corrected chi connectivity index (χ0v) is 24.5. The highest BCUT2D eigenvalue weighted by Crippen LogP contribution is 2.29. The number of carbonyl (C=O) groups is 1. The average molecular weight is 568 g/mol. The van der Waals surface area contributed by atoms with Crippen LogP contribution in [0.25, 0.3) is 22.2 Å². The third-order valence-electron chi connectivity index (χ3n) is 6.35. The van der Waals surface area contributed by atoms with Gasteiger partial charge in [-0.05, 0) is 53.3 Å². The number of aromatic nitrogens is 4. The molecule has 0 atom stereocenters. The number of anilines is 2. The van der Waals surface area contributed by atoms with Crippen LogP contribution in [0.1, 0.15) is 26.3 Å². The smallest absolute Gasteiger partial charge is 0.267 e. The van der Waals surface area contributed by atoms with Gasteiger partial charge in [-0.25, -0.2) is 9.97 Å². The van der Waals surface area contributed by atoms with Crippen molar-refractivity contribution in [3.05, 3.63) is 76.4 Å². The van der Waals surface area contributed by atoms with Crippen LogP contribution in [0, 0.1) is 16.7 Å². The highest BCUT2D eigenvalue weighted by molar-refractivity contribution is 6.06. The molecule has 0 unspecified atom stereocenters. The second kappa shape index (κ2) is 12.5. The van der Waals surface area contributed by atoms with Crippen LogP contribution in [-0.4, -0.2) is 46.7 Å². The van der Waals surface area contributed by atoms with Gasteiger partial charge in [0.25, 0.3) is 11.5 Å². The molecule has 0 saturated carbocycles. The Morgan fingerprint density at radius 1 is 1.10 bits per heavy atom. The van der Waals surface area contributed by atoms with Crippen molar-refractivity contribution in [2.24, 2.45) is 5.41 Å². The van der Waals surface area contributed by atoms with Gasteiger partial charge < -0.3 is 20.1 Å². The molecule has 0 spiro atoms. The molecular formula is C31H33N7O4. The van der Waals surface area contributed by atoms with Crippen molar-refractivity contribution in [3.8, 4) is 28.7 Å². The maximum Gasteiger partial charge on any atom is 0.267 e. The first-order valence-corrected chi connectivity index (χ1v) is 13.3. The molecular weight excluding hydrogens is 534 g/mol. The van der Waals surface area contributed by atoms with E-state index in [-0.39, 0.29) is 23.1 Å². The van der Waals surface area contributed by atoms with Crippen molar-refractivity contribution in [2.45, 2.75) is 33.7 Å². The normalized spacial score (nSPS) is 11.6. The fraction of sp³-hybridized carbons (Fsp3) is 0.290. The molecule has 0 fully saturated rings. The number of methoxy groups -OCH3 is 2. The number of amides is 1. The quantitative estimate of drug-likeness (QED) is 0.219. The summed E-state index contributed by atoms with van der Waals surface area (Å²) in [6.07, 6.45) is 5.30. The molecule has 1 aromatic carbocycles. The molecule has 42 heavy (non-hydrogen) atoms. The highest BCUT2D eigenvalue weighted by atomic mass is 16.5. The predicted octanol–water partition coefficient (Wildman–Crippen LogP) is 4.59. The van der Waals surface area contributed by atoms with Crippen LogP contribution >= 0.6 is 0 Å². The summed E-state index contributed by atoms with van der Waals surface area (Å²) in [6.45, 7) is 6.01. The third kappa shape index (κ3) is 6.90. The number of benzene rings is 1. The van der Waals surface area contributed by atoms with E-state index < -0.39 is 5.91 Å². The highest BCUT2D eigenvalue weighted by Gasteiger charge is 2.17. The first-order chi connectivity index (χ1) is 20.0. The monoisotopic (exact) mass is 567 g/mol. The molecule has 11 heteroatoms. The van der Waals surface area contributed by atoms with Gasteiger partial charge in [-0.3, -0.25) is 14.2 Å². The number of aryl methyl sites for hydroxylation is 2. The lowest BCUT2D eigenvalue weighted by Crippen LogP contribution is -2.24. The average Bonchev–Trinajstić information content (AvgIpc) is 2.98. The second-order valence-corrected chi connectivity index (χ2v) is 10.6. The number of nitriles is 1. The van der Waals surface area contributed by atoms with Crippen LogP contribution in [0.15, 0.2) is 65.2 Å². The minimum absolute atomic E-state index is 0.0127. The van der Waals surface area contributed by atoms with E-state index in [0.29, 0.717) is 51.8 Å². The SMILES string of the molecule is CNc1ncc2cc(-c3cc(OC)cc(OC)c3)c(=O)n(CCc3ccnc(NC(=O)C(C#N)=CC(C)(C)C)c3)c2n1. The van der Waals surface area contributed by atoms with Gasteiger partial charge in [-0.15, -0.1) is 0 Å². The molecule has 4 rings (SSSR count). The van der Waals surface area contributed by atoms with E-state index in [2.05, 4.69) is 25.6 Å². The summed E-state index contributed by atoms with van der Waals surface area (Å²) in [5.74, 6) is 1.27. The summed E-state index contributed by atoms with van der Waals surface area (Å²) in [5, 5.41) is 15.8. The van der Waals surface area contributed by atoms with E-state index in [9.17, 15) is 14.9 Å². The third-order valence-corrected chi connectivity index (χ3v) is 6.35. The Labute approximate surface area is 243 Å². The molecule has 0 bridgehead atoms. The number of nitrogens with zero attached hydrogens (tertiary/aromatic N) is 5. The largest absolute Gasteiger partial charge is 0.497 e. The van der Waals surface area contributed by atoms with Crippen LogP contribution in [0.2, 0.25) is 0 Å².